The Morgan fingerprint density at radius 2 is 2.19 bits per heavy atom. The molecule has 2 heterocycles. The highest BCUT2D eigenvalue weighted by molar-refractivity contribution is 5.47. The molecule has 1 aromatic heterocycles. The summed E-state index contributed by atoms with van der Waals surface area (Å²) in [6, 6.07) is 5.05. The SMILES string of the molecule is CCC1CN(c2ccnc(CNCC(C)C)c2)CCN1C. The average molecular weight is 290 g/mol. The van der Waals surface area contributed by atoms with E-state index in [9.17, 15) is 0 Å². The fourth-order valence-electron chi connectivity index (χ4n) is 2.87. The van der Waals surface area contributed by atoms with Gasteiger partial charge in [0.25, 0.3) is 0 Å². The zero-order valence-electron chi connectivity index (χ0n) is 14.0. The highest BCUT2D eigenvalue weighted by Gasteiger charge is 2.23. The van der Waals surface area contributed by atoms with Crippen molar-refractivity contribution in [2.24, 2.45) is 5.92 Å². The molecule has 118 valence electrons. The lowest BCUT2D eigenvalue weighted by molar-refractivity contribution is 0.213. The molecule has 1 aliphatic heterocycles. The van der Waals surface area contributed by atoms with Crippen molar-refractivity contribution in [1.29, 1.82) is 0 Å². The third-order valence-corrected chi connectivity index (χ3v) is 4.27. The molecule has 1 atom stereocenters. The van der Waals surface area contributed by atoms with Gasteiger partial charge in [0.2, 0.25) is 0 Å². The standard InChI is InChI=1S/C17H30N4/c1-5-16-13-21(9-8-20(16)4)17-6-7-19-15(10-17)12-18-11-14(2)3/h6-7,10,14,16,18H,5,8-9,11-13H2,1-4H3. The van der Waals surface area contributed by atoms with Crippen LogP contribution in [0.15, 0.2) is 18.3 Å². The minimum Gasteiger partial charge on any atom is -0.369 e. The Kier molecular flexibility index (Phi) is 6.00. The number of hydrogen-bond acceptors (Lipinski definition) is 4. The zero-order valence-corrected chi connectivity index (χ0v) is 14.0. The van der Waals surface area contributed by atoms with E-state index in [0.29, 0.717) is 12.0 Å². The van der Waals surface area contributed by atoms with E-state index < -0.39 is 0 Å². The highest BCUT2D eigenvalue weighted by Crippen LogP contribution is 2.20. The van der Waals surface area contributed by atoms with Crippen molar-refractivity contribution in [2.45, 2.75) is 39.8 Å². The Hall–Kier alpha value is -1.13. The molecule has 4 heteroatoms. The Morgan fingerprint density at radius 1 is 1.38 bits per heavy atom. The first kappa shape index (κ1) is 16.2. The third kappa shape index (κ3) is 4.68. The van der Waals surface area contributed by atoms with Crippen LogP contribution in [-0.2, 0) is 6.54 Å². The molecule has 0 bridgehead atoms. The van der Waals surface area contributed by atoms with Gasteiger partial charge in [0.15, 0.2) is 0 Å². The number of pyridine rings is 1. The van der Waals surface area contributed by atoms with Crippen LogP contribution in [0.25, 0.3) is 0 Å². The van der Waals surface area contributed by atoms with Crippen LogP contribution < -0.4 is 10.2 Å². The van der Waals surface area contributed by atoms with Crippen LogP contribution in [0.1, 0.15) is 32.9 Å². The normalized spacial score (nSPS) is 20.2. The van der Waals surface area contributed by atoms with Gasteiger partial charge in [0.05, 0.1) is 5.69 Å². The van der Waals surface area contributed by atoms with E-state index in [-0.39, 0.29) is 0 Å². The fraction of sp³-hybridized carbons (Fsp3) is 0.706. The third-order valence-electron chi connectivity index (χ3n) is 4.27. The van der Waals surface area contributed by atoms with Gasteiger partial charge in [-0.1, -0.05) is 20.8 Å². The molecule has 1 aromatic rings. The van der Waals surface area contributed by atoms with Gasteiger partial charge in [-0.15, -0.1) is 0 Å². The molecule has 0 amide bonds. The summed E-state index contributed by atoms with van der Waals surface area (Å²) < 4.78 is 0. The number of hydrogen-bond donors (Lipinski definition) is 1. The summed E-state index contributed by atoms with van der Waals surface area (Å²) in [4.78, 5) is 9.46. The van der Waals surface area contributed by atoms with Crippen molar-refractivity contribution < 1.29 is 0 Å². The second kappa shape index (κ2) is 7.76. The van der Waals surface area contributed by atoms with E-state index in [1.54, 1.807) is 0 Å². The van der Waals surface area contributed by atoms with Gasteiger partial charge in [-0.2, -0.15) is 0 Å². The van der Waals surface area contributed by atoms with Gasteiger partial charge in [-0.25, -0.2) is 0 Å². The lowest BCUT2D eigenvalue weighted by Gasteiger charge is -2.40. The summed E-state index contributed by atoms with van der Waals surface area (Å²) in [7, 11) is 2.24. The predicted molar refractivity (Wildman–Crippen MR) is 89.7 cm³/mol. The monoisotopic (exact) mass is 290 g/mol. The molecule has 4 nitrogen and oxygen atoms in total. The average Bonchev–Trinajstić information content (AvgIpc) is 2.47. The molecule has 0 aliphatic carbocycles. The molecule has 0 aromatic carbocycles. The van der Waals surface area contributed by atoms with Crippen molar-refractivity contribution in [3.05, 3.63) is 24.0 Å². The maximum Gasteiger partial charge on any atom is 0.0562 e. The first-order valence-corrected chi connectivity index (χ1v) is 8.21. The van der Waals surface area contributed by atoms with Crippen LogP contribution in [0.2, 0.25) is 0 Å². The highest BCUT2D eigenvalue weighted by atomic mass is 15.3. The molecule has 0 saturated carbocycles. The minimum atomic E-state index is 0.662. The van der Waals surface area contributed by atoms with Gasteiger partial charge < -0.3 is 10.2 Å². The molecule has 1 N–H and O–H groups in total. The fourth-order valence-corrected chi connectivity index (χ4v) is 2.87. The molecule has 1 unspecified atom stereocenters. The second-order valence-corrected chi connectivity index (χ2v) is 6.52. The van der Waals surface area contributed by atoms with Gasteiger partial charge in [-0.3, -0.25) is 9.88 Å². The number of nitrogens with one attached hydrogen (secondary N) is 1. The van der Waals surface area contributed by atoms with Crippen molar-refractivity contribution in [1.82, 2.24) is 15.2 Å². The van der Waals surface area contributed by atoms with E-state index in [1.807, 2.05) is 6.20 Å². The van der Waals surface area contributed by atoms with Gasteiger partial charge in [-0.05, 0) is 38.1 Å². The molecular weight excluding hydrogens is 260 g/mol. The number of rotatable bonds is 6. The topological polar surface area (TPSA) is 31.4 Å². The van der Waals surface area contributed by atoms with Crippen molar-refractivity contribution >= 4 is 5.69 Å². The van der Waals surface area contributed by atoms with Crippen LogP contribution in [0, 0.1) is 5.92 Å². The Bertz CT molecular complexity index is 433. The maximum atomic E-state index is 4.49. The molecule has 1 aliphatic rings. The van der Waals surface area contributed by atoms with Crippen LogP contribution >= 0.6 is 0 Å². The first-order chi connectivity index (χ1) is 10.1. The van der Waals surface area contributed by atoms with Gasteiger partial charge in [0, 0.05) is 44.1 Å². The van der Waals surface area contributed by atoms with Crippen molar-refractivity contribution in [3.63, 3.8) is 0 Å². The summed E-state index contributed by atoms with van der Waals surface area (Å²) in [6.45, 7) is 12.0. The molecule has 1 saturated heterocycles. The lowest BCUT2D eigenvalue weighted by Crippen LogP contribution is -2.51. The molecule has 2 rings (SSSR count). The molecule has 0 spiro atoms. The van der Waals surface area contributed by atoms with Crippen LogP contribution in [0.3, 0.4) is 0 Å². The lowest BCUT2D eigenvalue weighted by atomic mass is 10.1. The van der Waals surface area contributed by atoms with Crippen LogP contribution in [0.4, 0.5) is 5.69 Å². The van der Waals surface area contributed by atoms with E-state index in [1.165, 1.54) is 12.1 Å². The smallest absolute Gasteiger partial charge is 0.0562 e. The molecule has 0 radical (unpaired) electrons. The number of likely N-dealkylation sites (N-methyl/N-ethyl adjacent to an activating group) is 1. The molecular formula is C17H30N4. The number of anilines is 1. The van der Waals surface area contributed by atoms with E-state index in [2.05, 4.69) is 60.1 Å². The summed E-state index contributed by atoms with van der Waals surface area (Å²) in [5, 5.41) is 3.47. The Morgan fingerprint density at radius 3 is 2.90 bits per heavy atom. The Balaban J connectivity index is 1.97. The van der Waals surface area contributed by atoms with Gasteiger partial charge in [0.1, 0.15) is 0 Å². The van der Waals surface area contributed by atoms with Gasteiger partial charge >= 0.3 is 0 Å². The van der Waals surface area contributed by atoms with E-state index in [0.717, 1.165) is 38.4 Å². The Labute approximate surface area is 129 Å². The van der Waals surface area contributed by atoms with Crippen molar-refractivity contribution in [3.8, 4) is 0 Å². The summed E-state index contributed by atoms with van der Waals surface area (Å²) in [5.41, 5.74) is 2.46. The first-order valence-electron chi connectivity index (χ1n) is 8.21. The number of piperazine rings is 1. The number of nitrogens with zero attached hydrogens (tertiary/aromatic N) is 3. The maximum absolute atomic E-state index is 4.49. The largest absolute Gasteiger partial charge is 0.369 e. The summed E-state index contributed by atoms with van der Waals surface area (Å²) >= 11 is 0. The van der Waals surface area contributed by atoms with Crippen LogP contribution in [-0.4, -0.2) is 49.2 Å². The zero-order chi connectivity index (χ0) is 15.2. The molecule has 21 heavy (non-hydrogen) atoms. The summed E-state index contributed by atoms with van der Waals surface area (Å²) in [6.07, 6.45) is 3.15. The second-order valence-electron chi connectivity index (χ2n) is 6.52. The predicted octanol–water partition coefficient (Wildman–Crippen LogP) is 2.36. The van der Waals surface area contributed by atoms with Crippen molar-refractivity contribution in [2.75, 3.05) is 38.1 Å². The molecule has 1 fully saturated rings. The van der Waals surface area contributed by atoms with E-state index >= 15 is 0 Å². The summed E-state index contributed by atoms with van der Waals surface area (Å²) in [5.74, 6) is 0.677. The van der Waals surface area contributed by atoms with Crippen LogP contribution in [0.5, 0.6) is 0 Å². The quantitative estimate of drug-likeness (QED) is 0.871. The minimum absolute atomic E-state index is 0.662. The van der Waals surface area contributed by atoms with E-state index in [4.69, 9.17) is 0 Å². The number of aromatic nitrogens is 1.